The summed E-state index contributed by atoms with van der Waals surface area (Å²) in [5.74, 6) is -1.62. The average Bonchev–Trinajstić information content (AvgIpc) is 2.67. The number of hydrogen-bond acceptors (Lipinski definition) is 5. The van der Waals surface area contributed by atoms with Gasteiger partial charge < -0.3 is 20.1 Å². The predicted molar refractivity (Wildman–Crippen MR) is 95.9 cm³/mol. The lowest BCUT2D eigenvalue weighted by atomic mass is 10.2. The molecule has 0 radical (unpaired) electrons. The molecule has 0 aromatic heterocycles. The Bertz CT molecular complexity index is 806. The lowest BCUT2D eigenvalue weighted by Gasteiger charge is -2.14. The highest BCUT2D eigenvalue weighted by Gasteiger charge is 2.18. The van der Waals surface area contributed by atoms with Gasteiger partial charge in [0.05, 0.1) is 0 Å². The van der Waals surface area contributed by atoms with Crippen LogP contribution in [0.1, 0.15) is 17.3 Å². The minimum absolute atomic E-state index is 0.239. The highest BCUT2D eigenvalue weighted by Crippen LogP contribution is 2.13. The van der Waals surface area contributed by atoms with Gasteiger partial charge >= 0.3 is 5.97 Å². The van der Waals surface area contributed by atoms with Crippen molar-refractivity contribution in [2.75, 3.05) is 19.0 Å². The van der Waals surface area contributed by atoms with Gasteiger partial charge in [-0.1, -0.05) is 0 Å². The first-order valence-electron chi connectivity index (χ1n) is 8.10. The maximum Gasteiger partial charge on any atom is 0.347 e. The van der Waals surface area contributed by atoms with Crippen LogP contribution in [0.3, 0.4) is 0 Å². The molecule has 2 aromatic carbocycles. The zero-order valence-corrected chi connectivity index (χ0v) is 14.8. The van der Waals surface area contributed by atoms with Crippen molar-refractivity contribution in [1.29, 1.82) is 0 Å². The van der Waals surface area contributed by atoms with Crippen LogP contribution in [0, 0.1) is 5.82 Å². The lowest BCUT2D eigenvalue weighted by Crippen LogP contribution is -2.29. The number of carbonyl (C=O) groups excluding carboxylic acids is 3. The minimum Gasteiger partial charge on any atom is -0.479 e. The summed E-state index contributed by atoms with van der Waals surface area (Å²) in [6.07, 6.45) is -0.963. The second-order valence-corrected chi connectivity index (χ2v) is 5.53. The first-order chi connectivity index (χ1) is 12.9. The van der Waals surface area contributed by atoms with E-state index in [4.69, 9.17) is 9.47 Å². The Balaban J connectivity index is 1.79. The van der Waals surface area contributed by atoms with E-state index in [1.807, 2.05) is 0 Å². The van der Waals surface area contributed by atoms with Crippen molar-refractivity contribution in [3.05, 3.63) is 59.9 Å². The van der Waals surface area contributed by atoms with E-state index in [-0.39, 0.29) is 5.91 Å². The Morgan fingerprint density at radius 3 is 2.26 bits per heavy atom. The van der Waals surface area contributed by atoms with Gasteiger partial charge in [0.1, 0.15) is 11.6 Å². The third-order valence-electron chi connectivity index (χ3n) is 3.46. The standard InChI is InChI=1S/C19H19FN2O5/c1-12(27-16-9-5-14(20)6-10-16)19(25)26-11-17(23)22-15-7-3-13(4-8-15)18(24)21-2/h3-10,12H,11H2,1-2H3,(H,21,24)(H,22,23)/t12-/m0/s1. The number of ether oxygens (including phenoxy) is 2. The van der Waals surface area contributed by atoms with Gasteiger partial charge in [-0.15, -0.1) is 0 Å². The monoisotopic (exact) mass is 374 g/mol. The number of hydrogen-bond donors (Lipinski definition) is 2. The number of esters is 1. The van der Waals surface area contributed by atoms with E-state index in [2.05, 4.69) is 10.6 Å². The fourth-order valence-electron chi connectivity index (χ4n) is 2.07. The molecule has 2 N–H and O–H groups in total. The van der Waals surface area contributed by atoms with Crippen LogP contribution in [0.25, 0.3) is 0 Å². The molecule has 0 saturated carbocycles. The van der Waals surface area contributed by atoms with E-state index >= 15 is 0 Å². The molecule has 7 nitrogen and oxygen atoms in total. The van der Waals surface area contributed by atoms with E-state index < -0.39 is 30.4 Å². The summed E-state index contributed by atoms with van der Waals surface area (Å²) < 4.78 is 23.1. The van der Waals surface area contributed by atoms with Crippen molar-refractivity contribution in [2.24, 2.45) is 0 Å². The van der Waals surface area contributed by atoms with Crippen molar-refractivity contribution in [2.45, 2.75) is 13.0 Å². The van der Waals surface area contributed by atoms with Crippen LogP contribution < -0.4 is 15.4 Å². The Labute approximate surface area is 155 Å². The second kappa shape index (κ2) is 9.33. The summed E-state index contributed by atoms with van der Waals surface area (Å²) in [6, 6.07) is 11.4. The molecule has 8 heteroatoms. The van der Waals surface area contributed by atoms with E-state index in [0.29, 0.717) is 17.0 Å². The van der Waals surface area contributed by atoms with Crippen molar-refractivity contribution < 1.29 is 28.2 Å². The number of carbonyl (C=O) groups is 3. The molecule has 0 spiro atoms. The van der Waals surface area contributed by atoms with Gasteiger partial charge in [-0.2, -0.15) is 0 Å². The quantitative estimate of drug-likeness (QED) is 0.724. The Hall–Kier alpha value is -3.42. The van der Waals surface area contributed by atoms with E-state index in [0.717, 1.165) is 0 Å². The molecule has 0 bridgehead atoms. The van der Waals surface area contributed by atoms with Crippen molar-refractivity contribution >= 4 is 23.5 Å². The number of nitrogens with one attached hydrogen (secondary N) is 2. The fourth-order valence-corrected chi connectivity index (χ4v) is 2.07. The first-order valence-corrected chi connectivity index (χ1v) is 8.10. The van der Waals surface area contributed by atoms with Crippen molar-refractivity contribution in [3.63, 3.8) is 0 Å². The summed E-state index contributed by atoms with van der Waals surface area (Å²) in [5.41, 5.74) is 0.910. The molecular formula is C19H19FN2O5. The third kappa shape index (κ3) is 6.10. The lowest BCUT2D eigenvalue weighted by molar-refractivity contribution is -0.153. The van der Waals surface area contributed by atoms with Crippen LogP contribution in [0.15, 0.2) is 48.5 Å². The van der Waals surface area contributed by atoms with Crippen LogP contribution in [0.2, 0.25) is 0 Å². The number of amides is 2. The van der Waals surface area contributed by atoms with Gasteiger partial charge in [0.15, 0.2) is 12.7 Å². The van der Waals surface area contributed by atoms with Crippen LogP contribution in [0.4, 0.5) is 10.1 Å². The molecular weight excluding hydrogens is 355 g/mol. The topological polar surface area (TPSA) is 93.7 Å². The van der Waals surface area contributed by atoms with Gasteiger partial charge in [-0.05, 0) is 55.5 Å². The molecule has 0 heterocycles. The van der Waals surface area contributed by atoms with Crippen molar-refractivity contribution in [1.82, 2.24) is 5.32 Å². The number of halogens is 1. The van der Waals surface area contributed by atoms with Gasteiger partial charge in [0.25, 0.3) is 11.8 Å². The van der Waals surface area contributed by atoms with E-state index in [1.54, 1.807) is 24.3 Å². The summed E-state index contributed by atoms with van der Waals surface area (Å²) in [4.78, 5) is 35.2. The van der Waals surface area contributed by atoms with Crippen LogP contribution >= 0.6 is 0 Å². The number of benzene rings is 2. The molecule has 1 atom stereocenters. The highest BCUT2D eigenvalue weighted by molar-refractivity contribution is 5.96. The molecule has 0 aliphatic carbocycles. The Morgan fingerprint density at radius 2 is 1.67 bits per heavy atom. The largest absolute Gasteiger partial charge is 0.479 e. The number of anilines is 1. The summed E-state index contributed by atoms with van der Waals surface area (Å²) in [6.45, 7) is 0.967. The average molecular weight is 374 g/mol. The zero-order valence-electron chi connectivity index (χ0n) is 14.8. The molecule has 2 amide bonds. The van der Waals surface area contributed by atoms with Crippen LogP contribution in [-0.2, 0) is 14.3 Å². The van der Waals surface area contributed by atoms with Crippen LogP contribution in [0.5, 0.6) is 5.75 Å². The van der Waals surface area contributed by atoms with Gasteiger partial charge in [0, 0.05) is 18.3 Å². The smallest absolute Gasteiger partial charge is 0.347 e. The molecule has 2 rings (SSSR count). The normalized spacial score (nSPS) is 11.2. The maximum absolute atomic E-state index is 12.8. The van der Waals surface area contributed by atoms with E-state index in [1.165, 1.54) is 38.2 Å². The number of rotatable bonds is 7. The van der Waals surface area contributed by atoms with Crippen LogP contribution in [-0.4, -0.2) is 37.5 Å². The fraction of sp³-hybridized carbons (Fsp3) is 0.211. The predicted octanol–water partition coefficient (Wildman–Crippen LogP) is 2.13. The second-order valence-electron chi connectivity index (χ2n) is 5.53. The first kappa shape index (κ1) is 19.9. The molecule has 0 unspecified atom stereocenters. The van der Waals surface area contributed by atoms with Gasteiger partial charge in [-0.25, -0.2) is 9.18 Å². The van der Waals surface area contributed by atoms with Gasteiger partial charge in [-0.3, -0.25) is 9.59 Å². The molecule has 0 aliphatic rings. The molecule has 0 fully saturated rings. The molecule has 2 aromatic rings. The SMILES string of the molecule is CNC(=O)c1ccc(NC(=O)COC(=O)[C@H](C)Oc2ccc(F)cc2)cc1. The summed E-state index contributed by atoms with van der Waals surface area (Å²) >= 11 is 0. The van der Waals surface area contributed by atoms with E-state index in [9.17, 15) is 18.8 Å². The molecule has 0 aliphatic heterocycles. The minimum atomic E-state index is -0.963. The molecule has 27 heavy (non-hydrogen) atoms. The Morgan fingerprint density at radius 1 is 1.04 bits per heavy atom. The molecule has 142 valence electrons. The molecule has 0 saturated heterocycles. The summed E-state index contributed by atoms with van der Waals surface area (Å²) in [7, 11) is 1.52. The summed E-state index contributed by atoms with van der Waals surface area (Å²) in [5, 5.41) is 5.04. The maximum atomic E-state index is 12.8. The third-order valence-corrected chi connectivity index (χ3v) is 3.46. The van der Waals surface area contributed by atoms with Crippen molar-refractivity contribution in [3.8, 4) is 5.75 Å². The van der Waals surface area contributed by atoms with Gasteiger partial charge in [0.2, 0.25) is 0 Å². The highest BCUT2D eigenvalue weighted by atomic mass is 19.1. The Kier molecular flexibility index (Phi) is 6.87. The zero-order chi connectivity index (χ0) is 19.8.